The number of carbonyl (C=O) groups excluding carboxylic acids is 1. The Hall–Kier alpha value is -3.07. The second-order valence-corrected chi connectivity index (χ2v) is 8.78. The smallest absolute Gasteiger partial charge is 0.347 e. The zero-order chi connectivity index (χ0) is 23.6. The first kappa shape index (κ1) is 23.6. The summed E-state index contributed by atoms with van der Waals surface area (Å²) in [6.07, 6.45) is 1.24. The fourth-order valence-electron chi connectivity index (χ4n) is 4.01. The fourth-order valence-corrected chi connectivity index (χ4v) is 4.01. The van der Waals surface area contributed by atoms with Crippen molar-refractivity contribution >= 4 is 5.97 Å². The van der Waals surface area contributed by atoms with Gasteiger partial charge in [0.15, 0.2) is 11.3 Å². The van der Waals surface area contributed by atoms with E-state index in [9.17, 15) is 14.7 Å². The summed E-state index contributed by atoms with van der Waals surface area (Å²) in [5.74, 6) is -0.714. The van der Waals surface area contributed by atoms with Crippen molar-refractivity contribution in [1.29, 1.82) is 0 Å². The van der Waals surface area contributed by atoms with Gasteiger partial charge in [0.2, 0.25) is 0 Å². The van der Waals surface area contributed by atoms with E-state index in [-0.39, 0.29) is 23.0 Å². The molecule has 2 aromatic rings. The maximum absolute atomic E-state index is 12.7. The predicted octanol–water partition coefficient (Wildman–Crippen LogP) is 3.04. The van der Waals surface area contributed by atoms with Gasteiger partial charge in [0.1, 0.15) is 5.75 Å². The van der Waals surface area contributed by atoms with Crippen LogP contribution in [0.15, 0.2) is 10.9 Å². The predicted molar refractivity (Wildman–Crippen MR) is 118 cm³/mol. The molecule has 2 N–H and O–H groups in total. The summed E-state index contributed by atoms with van der Waals surface area (Å²) >= 11 is 0. The summed E-state index contributed by atoms with van der Waals surface area (Å²) < 4.78 is 21.1. The third-order valence-corrected chi connectivity index (χ3v) is 5.65. The van der Waals surface area contributed by atoms with Crippen molar-refractivity contribution in [3.63, 3.8) is 0 Å². The molecule has 9 nitrogen and oxygen atoms in total. The molecule has 0 spiro atoms. The summed E-state index contributed by atoms with van der Waals surface area (Å²) in [6.45, 7) is 7.11. The fraction of sp³-hybridized carbons (Fsp3) is 0.522. The summed E-state index contributed by atoms with van der Waals surface area (Å²) in [5.41, 5.74) is 0.711. The number of H-pyrrole nitrogens is 1. The van der Waals surface area contributed by atoms with Gasteiger partial charge in [-0.15, -0.1) is 0 Å². The third kappa shape index (κ3) is 4.29. The van der Waals surface area contributed by atoms with Crippen molar-refractivity contribution in [3.05, 3.63) is 33.1 Å². The molecule has 0 aromatic carbocycles. The molecule has 1 unspecified atom stereocenters. The maximum atomic E-state index is 12.7. The molecule has 0 saturated carbocycles. The number of rotatable bonds is 7. The number of aromatic hydroxyl groups is 1. The highest BCUT2D eigenvalue weighted by Gasteiger charge is 2.39. The molecule has 2 heterocycles. The number of methoxy groups -OCH3 is 3. The molecule has 0 radical (unpaired) electrons. The average molecular weight is 447 g/mol. The Morgan fingerprint density at radius 3 is 2.56 bits per heavy atom. The number of hydrogen-bond acceptors (Lipinski definition) is 8. The summed E-state index contributed by atoms with van der Waals surface area (Å²) in [6, 6.07) is 1.86. The van der Waals surface area contributed by atoms with Gasteiger partial charge in [0, 0.05) is 25.7 Å². The first-order valence-electron chi connectivity index (χ1n) is 10.4. The highest BCUT2D eigenvalue weighted by Crippen LogP contribution is 2.50. The van der Waals surface area contributed by atoms with E-state index in [0.717, 1.165) is 12.7 Å². The molecular formula is C23H30N2O7. The molecule has 32 heavy (non-hydrogen) atoms. The summed E-state index contributed by atoms with van der Waals surface area (Å²) in [5, 5.41) is 11.0. The number of hydrogen-bond donors (Lipinski definition) is 2. The number of esters is 1. The summed E-state index contributed by atoms with van der Waals surface area (Å²) in [7, 11) is 4.28. The van der Waals surface area contributed by atoms with Gasteiger partial charge in [0.05, 0.1) is 32.2 Å². The van der Waals surface area contributed by atoms with E-state index in [1.165, 1.54) is 7.11 Å². The van der Waals surface area contributed by atoms with Crippen LogP contribution in [0.3, 0.4) is 0 Å². The molecule has 3 rings (SSSR count). The van der Waals surface area contributed by atoms with Gasteiger partial charge >= 0.3 is 5.97 Å². The number of nitrogens with zero attached hydrogens (tertiary/aromatic N) is 1. The zero-order valence-corrected chi connectivity index (χ0v) is 19.3. The standard InChI is InChI=1S/C23H30N2O7/c1-23(2,3)13-10-12-11-14(32-9-7-8-29-4)21(30-5)25-17(12)18-15(13)19(26)16(20(27)24-18)22(28)31-6/h11,13H,7-10H2,1-6H3,(H2,24,26,27). The van der Waals surface area contributed by atoms with Gasteiger partial charge in [-0.2, -0.15) is 0 Å². The van der Waals surface area contributed by atoms with Crippen LogP contribution in [0.2, 0.25) is 0 Å². The SMILES string of the molecule is COCCCOc1cc2c(nc1OC)-c1[nH]c(=O)c(C(=O)OC)c(O)c1C(C(C)(C)C)C2. The van der Waals surface area contributed by atoms with E-state index in [2.05, 4.69) is 9.97 Å². The Morgan fingerprint density at radius 2 is 1.97 bits per heavy atom. The quantitative estimate of drug-likeness (QED) is 0.492. The Morgan fingerprint density at radius 1 is 1.25 bits per heavy atom. The van der Waals surface area contributed by atoms with Gasteiger partial charge in [-0.3, -0.25) is 4.79 Å². The van der Waals surface area contributed by atoms with Crippen LogP contribution in [0.4, 0.5) is 0 Å². The number of carbonyl (C=O) groups is 1. The molecule has 2 aromatic heterocycles. The van der Waals surface area contributed by atoms with Crippen molar-refractivity contribution in [2.75, 3.05) is 34.5 Å². The van der Waals surface area contributed by atoms with Crippen LogP contribution in [0.25, 0.3) is 11.4 Å². The molecular weight excluding hydrogens is 416 g/mol. The minimum atomic E-state index is -0.893. The van der Waals surface area contributed by atoms with E-state index < -0.39 is 17.1 Å². The van der Waals surface area contributed by atoms with Crippen LogP contribution in [-0.4, -0.2) is 55.6 Å². The largest absolute Gasteiger partial charge is 0.506 e. The van der Waals surface area contributed by atoms with E-state index in [4.69, 9.17) is 18.9 Å². The molecule has 0 saturated heterocycles. The lowest BCUT2D eigenvalue weighted by Crippen LogP contribution is -2.29. The van der Waals surface area contributed by atoms with Crippen LogP contribution >= 0.6 is 0 Å². The number of ether oxygens (including phenoxy) is 4. The molecule has 0 aliphatic heterocycles. The third-order valence-electron chi connectivity index (χ3n) is 5.65. The molecule has 1 atom stereocenters. The van der Waals surface area contributed by atoms with Crippen molar-refractivity contribution in [3.8, 4) is 28.8 Å². The van der Waals surface area contributed by atoms with E-state index in [0.29, 0.717) is 48.8 Å². The Labute approximate surface area is 186 Å². The van der Waals surface area contributed by atoms with Crippen molar-refractivity contribution < 1.29 is 28.8 Å². The number of aromatic amines is 1. The van der Waals surface area contributed by atoms with Gasteiger partial charge in [-0.25, -0.2) is 9.78 Å². The highest BCUT2D eigenvalue weighted by atomic mass is 16.5. The zero-order valence-electron chi connectivity index (χ0n) is 19.3. The van der Waals surface area contributed by atoms with Gasteiger partial charge in [0.25, 0.3) is 11.4 Å². The number of aromatic nitrogens is 2. The molecule has 9 heteroatoms. The van der Waals surface area contributed by atoms with Crippen LogP contribution in [0.1, 0.15) is 54.6 Å². The monoisotopic (exact) mass is 446 g/mol. The number of nitrogens with one attached hydrogen (secondary N) is 1. The van der Waals surface area contributed by atoms with Crippen molar-refractivity contribution in [2.24, 2.45) is 5.41 Å². The van der Waals surface area contributed by atoms with Crippen molar-refractivity contribution in [1.82, 2.24) is 9.97 Å². The Kier molecular flexibility index (Phi) is 6.78. The lowest BCUT2D eigenvalue weighted by molar-refractivity contribution is 0.0594. The number of fused-ring (bicyclic) bond motifs is 3. The molecule has 0 amide bonds. The van der Waals surface area contributed by atoms with Crippen LogP contribution in [-0.2, 0) is 15.9 Å². The molecule has 1 aliphatic rings. The average Bonchev–Trinajstić information content (AvgIpc) is 2.74. The first-order chi connectivity index (χ1) is 15.1. The molecule has 0 fully saturated rings. The second-order valence-electron chi connectivity index (χ2n) is 8.78. The highest BCUT2D eigenvalue weighted by molar-refractivity contribution is 5.93. The summed E-state index contributed by atoms with van der Waals surface area (Å²) in [4.78, 5) is 32.2. The number of pyridine rings is 2. The lowest BCUT2D eigenvalue weighted by Gasteiger charge is -2.36. The van der Waals surface area contributed by atoms with Gasteiger partial charge in [-0.1, -0.05) is 20.8 Å². The first-order valence-corrected chi connectivity index (χ1v) is 10.4. The minimum Gasteiger partial charge on any atom is -0.506 e. The normalized spacial score (nSPS) is 15.0. The second kappa shape index (κ2) is 9.20. The topological polar surface area (TPSA) is 120 Å². The van der Waals surface area contributed by atoms with Crippen LogP contribution in [0, 0.1) is 5.41 Å². The Balaban J connectivity index is 2.21. The van der Waals surface area contributed by atoms with Gasteiger partial charge in [-0.05, 0) is 29.4 Å². The van der Waals surface area contributed by atoms with E-state index in [1.54, 1.807) is 7.11 Å². The minimum absolute atomic E-state index is 0.207. The lowest BCUT2D eigenvalue weighted by atomic mass is 9.69. The van der Waals surface area contributed by atoms with Gasteiger partial charge < -0.3 is 29.0 Å². The molecule has 1 aliphatic carbocycles. The van der Waals surface area contributed by atoms with Crippen molar-refractivity contribution in [2.45, 2.75) is 39.5 Å². The molecule has 174 valence electrons. The molecule has 0 bridgehead atoms. The van der Waals surface area contributed by atoms with Crippen LogP contribution < -0.4 is 15.0 Å². The van der Waals surface area contributed by atoms with Crippen LogP contribution in [0.5, 0.6) is 17.4 Å². The van der Waals surface area contributed by atoms with E-state index >= 15 is 0 Å². The maximum Gasteiger partial charge on any atom is 0.347 e. The van der Waals surface area contributed by atoms with E-state index in [1.807, 2.05) is 26.8 Å². The Bertz CT molecular complexity index is 1070.